The zero-order valence-electron chi connectivity index (χ0n) is 22.1. The second kappa shape index (κ2) is 11.3. The number of nitrogens with one attached hydrogen (secondary N) is 1. The Labute approximate surface area is 222 Å². The predicted octanol–water partition coefficient (Wildman–Crippen LogP) is 7.09. The number of carbonyl (C=O) groups excluding carboxylic acids is 2. The highest BCUT2D eigenvalue weighted by Crippen LogP contribution is 2.45. The van der Waals surface area contributed by atoms with Gasteiger partial charge >= 0.3 is 5.97 Å². The second-order valence-corrected chi connectivity index (χ2v) is 11.4. The van der Waals surface area contributed by atoms with E-state index in [9.17, 15) is 9.59 Å². The van der Waals surface area contributed by atoms with Gasteiger partial charge in [0.15, 0.2) is 0 Å². The van der Waals surface area contributed by atoms with Crippen LogP contribution in [0.15, 0.2) is 53.5 Å². The molecule has 194 valence electrons. The third kappa shape index (κ3) is 6.28. The molecule has 37 heavy (non-hydrogen) atoms. The molecule has 1 aromatic heterocycles. The highest BCUT2D eigenvalue weighted by atomic mass is 32.1. The molecule has 1 heterocycles. The van der Waals surface area contributed by atoms with E-state index < -0.39 is 0 Å². The van der Waals surface area contributed by atoms with Gasteiger partial charge in [-0.15, -0.1) is 11.3 Å². The predicted molar refractivity (Wildman–Crippen MR) is 150 cm³/mol. The van der Waals surface area contributed by atoms with Crippen molar-refractivity contribution in [1.29, 1.82) is 0 Å². The van der Waals surface area contributed by atoms with Gasteiger partial charge in [-0.2, -0.15) is 0 Å². The molecular formula is C30H34N2O4S. The second-order valence-electron chi connectivity index (χ2n) is 10.3. The average Bonchev–Trinajstić information content (AvgIpc) is 3.25. The van der Waals surface area contributed by atoms with Crippen LogP contribution in [0.1, 0.15) is 70.8 Å². The van der Waals surface area contributed by atoms with Gasteiger partial charge in [0, 0.05) is 16.8 Å². The average molecular weight is 519 g/mol. The maximum atomic E-state index is 13.6. The molecule has 1 N–H and O–H groups in total. The van der Waals surface area contributed by atoms with E-state index in [1.54, 1.807) is 55.9 Å². The first-order valence-electron chi connectivity index (χ1n) is 12.6. The minimum atomic E-state index is -0.380. The Balaban J connectivity index is 1.64. The van der Waals surface area contributed by atoms with E-state index in [4.69, 9.17) is 14.5 Å². The monoisotopic (exact) mass is 518 g/mol. The van der Waals surface area contributed by atoms with Crippen LogP contribution in [0.4, 0.5) is 10.7 Å². The molecule has 1 unspecified atom stereocenters. The smallest absolute Gasteiger partial charge is 0.338 e. The Morgan fingerprint density at radius 1 is 1.16 bits per heavy atom. The van der Waals surface area contributed by atoms with Crippen LogP contribution >= 0.6 is 11.3 Å². The number of benzene rings is 2. The van der Waals surface area contributed by atoms with Crippen LogP contribution in [0, 0.1) is 11.3 Å². The lowest BCUT2D eigenvalue weighted by atomic mass is 9.72. The molecular weight excluding hydrogens is 484 g/mol. The number of nitrogens with zero attached hydrogens (tertiary/aromatic N) is 1. The van der Waals surface area contributed by atoms with Crippen LogP contribution in [0.3, 0.4) is 0 Å². The van der Waals surface area contributed by atoms with Crippen molar-refractivity contribution in [2.24, 2.45) is 16.3 Å². The highest BCUT2D eigenvalue weighted by molar-refractivity contribution is 7.16. The largest absolute Gasteiger partial charge is 0.497 e. The maximum Gasteiger partial charge on any atom is 0.338 e. The van der Waals surface area contributed by atoms with Crippen molar-refractivity contribution in [3.8, 4) is 5.75 Å². The fourth-order valence-corrected chi connectivity index (χ4v) is 5.86. The Kier molecular flexibility index (Phi) is 8.13. The third-order valence-corrected chi connectivity index (χ3v) is 7.94. The zero-order chi connectivity index (χ0) is 26.6. The topological polar surface area (TPSA) is 77.0 Å². The number of esters is 1. The molecule has 1 aliphatic rings. The molecule has 0 spiro atoms. The van der Waals surface area contributed by atoms with E-state index in [0.29, 0.717) is 34.3 Å². The van der Waals surface area contributed by atoms with E-state index in [-0.39, 0.29) is 17.3 Å². The lowest BCUT2D eigenvalue weighted by Gasteiger charge is -2.33. The Hall–Kier alpha value is -3.45. The van der Waals surface area contributed by atoms with Crippen LogP contribution < -0.4 is 10.1 Å². The van der Waals surface area contributed by atoms with Crippen LogP contribution in [0.5, 0.6) is 5.75 Å². The van der Waals surface area contributed by atoms with Gasteiger partial charge in [0.05, 0.1) is 24.8 Å². The highest BCUT2D eigenvalue weighted by Gasteiger charge is 2.33. The molecule has 1 aliphatic carbocycles. The summed E-state index contributed by atoms with van der Waals surface area (Å²) in [6, 6.07) is 14.4. The van der Waals surface area contributed by atoms with Gasteiger partial charge in [0.1, 0.15) is 10.8 Å². The summed E-state index contributed by atoms with van der Waals surface area (Å²) in [7, 11) is 1.64. The first-order valence-corrected chi connectivity index (χ1v) is 13.4. The van der Waals surface area contributed by atoms with Gasteiger partial charge < -0.3 is 14.8 Å². The van der Waals surface area contributed by atoms with Crippen molar-refractivity contribution in [3.63, 3.8) is 0 Å². The maximum absolute atomic E-state index is 13.6. The summed E-state index contributed by atoms with van der Waals surface area (Å²) in [4.78, 5) is 31.6. The van der Waals surface area contributed by atoms with Crippen molar-refractivity contribution >= 4 is 40.1 Å². The molecule has 0 saturated heterocycles. The number of hydrogen-bond donors (Lipinski definition) is 1. The van der Waals surface area contributed by atoms with Gasteiger partial charge in [0.25, 0.3) is 5.91 Å². The molecule has 3 aromatic rings. The summed E-state index contributed by atoms with van der Waals surface area (Å²) in [5.74, 6) is 0.745. The summed E-state index contributed by atoms with van der Waals surface area (Å²) in [5, 5.41) is 3.72. The van der Waals surface area contributed by atoms with E-state index >= 15 is 0 Å². The van der Waals surface area contributed by atoms with Crippen molar-refractivity contribution in [2.75, 3.05) is 19.0 Å². The number of methoxy groups -OCH3 is 1. The van der Waals surface area contributed by atoms with Crippen LogP contribution in [0.25, 0.3) is 0 Å². The quantitative estimate of drug-likeness (QED) is 0.268. The fraction of sp³-hybridized carbons (Fsp3) is 0.367. The van der Waals surface area contributed by atoms with E-state index in [1.807, 2.05) is 24.3 Å². The Morgan fingerprint density at radius 3 is 2.59 bits per heavy atom. The first-order chi connectivity index (χ1) is 17.7. The van der Waals surface area contributed by atoms with Crippen molar-refractivity contribution < 1.29 is 19.1 Å². The number of ether oxygens (including phenoxy) is 2. The van der Waals surface area contributed by atoms with Gasteiger partial charge in [-0.25, -0.2) is 9.79 Å². The Bertz CT molecular complexity index is 1300. The standard InChI is InChI=1S/C30H34N2O4S/c1-6-36-29(34)20-10-13-22(14-11-20)32-27(33)26-24-15-12-21(30(2,3)4)17-25(24)37-28(26)31-18-19-8-7-9-23(16-19)35-5/h7-11,13-14,16,18,21H,6,12,15,17H2,1-5H3,(H,32,33)/b31-18+. The summed E-state index contributed by atoms with van der Waals surface area (Å²) in [5.41, 5.74) is 3.91. The van der Waals surface area contributed by atoms with Crippen molar-refractivity contribution in [1.82, 2.24) is 0 Å². The fourth-order valence-electron chi connectivity index (χ4n) is 4.59. The summed E-state index contributed by atoms with van der Waals surface area (Å²) in [6.45, 7) is 8.94. The van der Waals surface area contributed by atoms with Gasteiger partial charge in [-0.05, 0) is 85.0 Å². The minimum Gasteiger partial charge on any atom is -0.497 e. The van der Waals surface area contributed by atoms with E-state index in [2.05, 4.69) is 26.1 Å². The van der Waals surface area contributed by atoms with E-state index in [0.717, 1.165) is 36.1 Å². The van der Waals surface area contributed by atoms with E-state index in [1.165, 1.54) is 4.88 Å². The number of hydrogen-bond acceptors (Lipinski definition) is 6. The van der Waals surface area contributed by atoms with Crippen LogP contribution in [-0.2, 0) is 17.6 Å². The molecule has 6 nitrogen and oxygen atoms in total. The van der Waals surface area contributed by atoms with Crippen molar-refractivity contribution in [2.45, 2.75) is 47.0 Å². The first kappa shape index (κ1) is 26.6. The number of fused-ring (bicyclic) bond motifs is 1. The molecule has 0 aliphatic heterocycles. The van der Waals surface area contributed by atoms with Crippen molar-refractivity contribution in [3.05, 3.63) is 75.7 Å². The molecule has 2 aromatic carbocycles. The number of rotatable bonds is 7. The van der Waals surface area contributed by atoms with Gasteiger partial charge in [0.2, 0.25) is 0 Å². The number of aliphatic imine (C=N–C) groups is 1. The van der Waals surface area contributed by atoms with Gasteiger partial charge in [-0.3, -0.25) is 4.79 Å². The number of anilines is 1. The lowest BCUT2D eigenvalue weighted by Crippen LogP contribution is -2.27. The number of amides is 1. The normalized spacial score (nSPS) is 15.3. The Morgan fingerprint density at radius 2 is 1.92 bits per heavy atom. The molecule has 0 radical (unpaired) electrons. The lowest BCUT2D eigenvalue weighted by molar-refractivity contribution is 0.0526. The zero-order valence-corrected chi connectivity index (χ0v) is 22.9. The minimum absolute atomic E-state index is 0.187. The van der Waals surface area contributed by atoms with Gasteiger partial charge in [-0.1, -0.05) is 32.9 Å². The molecule has 0 fully saturated rings. The van der Waals surface area contributed by atoms with Crippen LogP contribution in [-0.4, -0.2) is 31.8 Å². The van der Waals surface area contributed by atoms with Crippen LogP contribution in [0.2, 0.25) is 0 Å². The molecule has 4 rings (SSSR count). The summed E-state index contributed by atoms with van der Waals surface area (Å²) >= 11 is 1.61. The summed E-state index contributed by atoms with van der Waals surface area (Å²) in [6.07, 6.45) is 4.63. The number of carbonyl (C=O) groups is 2. The summed E-state index contributed by atoms with van der Waals surface area (Å²) < 4.78 is 10.4. The molecule has 0 bridgehead atoms. The number of thiophene rings is 1. The SMILES string of the molecule is CCOC(=O)c1ccc(NC(=O)c2c(/N=C/c3cccc(OC)c3)sc3c2CCC(C(C)(C)C)C3)cc1. The molecule has 1 atom stereocenters. The molecule has 1 amide bonds. The third-order valence-electron chi connectivity index (χ3n) is 6.78. The molecule has 7 heteroatoms. The molecule has 0 saturated carbocycles.